The molecule has 2 nitrogen and oxygen atoms in total. The third kappa shape index (κ3) is 11.2. The highest BCUT2D eigenvalue weighted by Gasteiger charge is 1.78. The van der Waals surface area contributed by atoms with Crippen LogP contribution in [-0.2, 0) is 4.79 Å². The monoisotopic (exact) mass is 149 g/mol. The van der Waals surface area contributed by atoms with E-state index < -0.39 is 0 Å². The zero-order valence-electron chi connectivity index (χ0n) is 5.46. The number of nitrogens with two attached hydrogens (primary N) is 1. The summed E-state index contributed by atoms with van der Waals surface area (Å²) in [7, 11) is 0. The van der Waals surface area contributed by atoms with E-state index in [1.807, 2.05) is 6.92 Å². The minimum Gasteiger partial charge on any atom is -0.366 e. The van der Waals surface area contributed by atoms with Crippen molar-refractivity contribution in [3.8, 4) is 0 Å². The molecule has 54 valence electrons. The van der Waals surface area contributed by atoms with Gasteiger partial charge in [-0.1, -0.05) is 19.4 Å². The van der Waals surface area contributed by atoms with Gasteiger partial charge in [-0.05, 0) is 12.5 Å². The summed E-state index contributed by atoms with van der Waals surface area (Å²) in [6, 6.07) is 0. The van der Waals surface area contributed by atoms with Gasteiger partial charge in [-0.15, -0.1) is 12.4 Å². The Balaban J connectivity index is 0. The standard InChI is InChI=1S/C6H11NO.ClH/c1-2-3-4-5-6(7)8;/h4-5H,2-3H2,1H3,(H2,7,8);1H/b5-4+;. The fraction of sp³-hybridized carbons (Fsp3) is 0.500. The van der Waals surface area contributed by atoms with Gasteiger partial charge in [0.1, 0.15) is 0 Å². The van der Waals surface area contributed by atoms with Crippen LogP contribution in [0, 0.1) is 0 Å². The van der Waals surface area contributed by atoms with E-state index in [9.17, 15) is 4.79 Å². The molecule has 0 spiro atoms. The molecule has 0 bridgehead atoms. The van der Waals surface area contributed by atoms with Crippen LogP contribution in [0.15, 0.2) is 12.2 Å². The second-order valence-corrected chi connectivity index (χ2v) is 1.59. The Morgan fingerprint density at radius 3 is 2.56 bits per heavy atom. The van der Waals surface area contributed by atoms with Crippen LogP contribution in [0.3, 0.4) is 0 Å². The molecule has 0 aliphatic carbocycles. The maximum absolute atomic E-state index is 10.0. The molecule has 0 unspecified atom stereocenters. The van der Waals surface area contributed by atoms with Crippen molar-refractivity contribution in [2.45, 2.75) is 19.8 Å². The van der Waals surface area contributed by atoms with Gasteiger partial charge in [0.25, 0.3) is 0 Å². The van der Waals surface area contributed by atoms with Crippen LogP contribution in [-0.4, -0.2) is 5.91 Å². The molecule has 9 heavy (non-hydrogen) atoms. The van der Waals surface area contributed by atoms with Gasteiger partial charge in [-0.25, -0.2) is 0 Å². The van der Waals surface area contributed by atoms with E-state index in [1.165, 1.54) is 6.08 Å². The first-order valence-electron chi connectivity index (χ1n) is 2.73. The molecular formula is C6H12ClNO. The Hall–Kier alpha value is -0.500. The van der Waals surface area contributed by atoms with Gasteiger partial charge >= 0.3 is 0 Å². The van der Waals surface area contributed by atoms with Crippen molar-refractivity contribution < 1.29 is 4.79 Å². The van der Waals surface area contributed by atoms with Gasteiger partial charge in [0.05, 0.1) is 0 Å². The lowest BCUT2D eigenvalue weighted by atomic mass is 10.3. The third-order valence-electron chi connectivity index (χ3n) is 0.737. The number of amides is 1. The number of rotatable bonds is 3. The maximum atomic E-state index is 10.0. The summed E-state index contributed by atoms with van der Waals surface area (Å²) in [5, 5.41) is 0. The second kappa shape index (κ2) is 7.50. The summed E-state index contributed by atoms with van der Waals surface area (Å²) in [6.45, 7) is 2.05. The summed E-state index contributed by atoms with van der Waals surface area (Å²) >= 11 is 0. The molecule has 0 saturated heterocycles. The molecule has 0 aromatic rings. The van der Waals surface area contributed by atoms with Crippen LogP contribution >= 0.6 is 12.4 Å². The zero-order chi connectivity index (χ0) is 6.41. The molecular weight excluding hydrogens is 138 g/mol. The van der Waals surface area contributed by atoms with E-state index in [1.54, 1.807) is 6.08 Å². The molecule has 0 aromatic carbocycles. The van der Waals surface area contributed by atoms with Crippen LogP contribution in [0.25, 0.3) is 0 Å². The van der Waals surface area contributed by atoms with Crippen LogP contribution in [0.1, 0.15) is 19.8 Å². The Bertz CT molecular complexity index is 101. The quantitative estimate of drug-likeness (QED) is 0.603. The van der Waals surface area contributed by atoms with Gasteiger partial charge in [0, 0.05) is 0 Å². The summed E-state index contributed by atoms with van der Waals surface area (Å²) < 4.78 is 0. The predicted molar refractivity (Wildman–Crippen MR) is 40.5 cm³/mol. The van der Waals surface area contributed by atoms with Gasteiger partial charge in [0.15, 0.2) is 0 Å². The number of hydrogen-bond acceptors (Lipinski definition) is 1. The topological polar surface area (TPSA) is 43.1 Å². The number of halogens is 1. The Kier molecular flexibility index (Phi) is 9.43. The lowest BCUT2D eigenvalue weighted by Gasteiger charge is -1.80. The molecule has 0 aromatic heterocycles. The molecule has 0 saturated carbocycles. The molecule has 0 heterocycles. The first-order valence-corrected chi connectivity index (χ1v) is 2.73. The summed E-state index contributed by atoms with van der Waals surface area (Å²) in [5.74, 6) is -0.363. The van der Waals surface area contributed by atoms with Crippen LogP contribution in [0.5, 0.6) is 0 Å². The van der Waals surface area contributed by atoms with Gasteiger partial charge in [-0.3, -0.25) is 4.79 Å². The highest BCUT2D eigenvalue weighted by Crippen LogP contribution is 1.86. The van der Waals surface area contributed by atoms with E-state index in [2.05, 4.69) is 0 Å². The van der Waals surface area contributed by atoms with E-state index in [-0.39, 0.29) is 18.3 Å². The minimum absolute atomic E-state index is 0. The molecule has 0 radical (unpaired) electrons. The largest absolute Gasteiger partial charge is 0.366 e. The van der Waals surface area contributed by atoms with Crippen molar-refractivity contribution in [2.24, 2.45) is 5.73 Å². The number of primary amides is 1. The molecule has 0 rings (SSSR count). The highest BCUT2D eigenvalue weighted by molar-refractivity contribution is 5.85. The van der Waals surface area contributed by atoms with Crippen LogP contribution in [0.4, 0.5) is 0 Å². The van der Waals surface area contributed by atoms with Crippen LogP contribution < -0.4 is 5.73 Å². The lowest BCUT2D eigenvalue weighted by molar-refractivity contribution is -0.113. The van der Waals surface area contributed by atoms with Crippen molar-refractivity contribution in [3.05, 3.63) is 12.2 Å². The Morgan fingerprint density at radius 2 is 2.22 bits per heavy atom. The molecule has 0 fully saturated rings. The Labute approximate surface area is 61.5 Å². The SMILES string of the molecule is CCC/C=C/C(N)=O.Cl. The second-order valence-electron chi connectivity index (χ2n) is 1.59. The highest BCUT2D eigenvalue weighted by atomic mass is 35.5. The average Bonchev–Trinajstić information content (AvgIpc) is 1.66. The number of carbonyl (C=O) groups is 1. The zero-order valence-corrected chi connectivity index (χ0v) is 6.28. The fourth-order valence-corrected chi connectivity index (χ4v) is 0.366. The number of carbonyl (C=O) groups excluding carboxylic acids is 1. The fourth-order valence-electron chi connectivity index (χ4n) is 0.366. The minimum atomic E-state index is -0.363. The Morgan fingerprint density at radius 1 is 1.67 bits per heavy atom. The predicted octanol–water partition coefficient (Wildman–Crippen LogP) is 1.25. The molecule has 1 amide bonds. The van der Waals surface area contributed by atoms with Gasteiger partial charge in [-0.2, -0.15) is 0 Å². The molecule has 3 heteroatoms. The van der Waals surface area contributed by atoms with Crippen LogP contribution in [0.2, 0.25) is 0 Å². The maximum Gasteiger partial charge on any atom is 0.241 e. The number of unbranched alkanes of at least 4 members (excludes halogenated alkanes) is 1. The third-order valence-corrected chi connectivity index (χ3v) is 0.737. The van der Waals surface area contributed by atoms with Crippen molar-refractivity contribution in [1.82, 2.24) is 0 Å². The summed E-state index contributed by atoms with van der Waals surface area (Å²) in [4.78, 5) is 10.0. The first kappa shape index (κ1) is 11.3. The molecule has 0 atom stereocenters. The van der Waals surface area contributed by atoms with E-state index >= 15 is 0 Å². The smallest absolute Gasteiger partial charge is 0.241 e. The molecule has 0 aliphatic rings. The van der Waals surface area contributed by atoms with E-state index in [4.69, 9.17) is 5.73 Å². The van der Waals surface area contributed by atoms with E-state index in [0.717, 1.165) is 12.8 Å². The van der Waals surface area contributed by atoms with Crippen molar-refractivity contribution in [2.75, 3.05) is 0 Å². The van der Waals surface area contributed by atoms with Crippen molar-refractivity contribution in [1.29, 1.82) is 0 Å². The van der Waals surface area contributed by atoms with Crippen molar-refractivity contribution in [3.63, 3.8) is 0 Å². The first-order chi connectivity index (χ1) is 3.77. The summed E-state index contributed by atoms with van der Waals surface area (Å²) in [5.41, 5.74) is 4.81. The number of hydrogen-bond donors (Lipinski definition) is 1. The van der Waals surface area contributed by atoms with Gasteiger partial charge in [0.2, 0.25) is 5.91 Å². The summed E-state index contributed by atoms with van der Waals surface area (Å²) in [6.07, 6.45) is 5.17. The normalized spacial score (nSPS) is 9.00. The van der Waals surface area contributed by atoms with Crippen molar-refractivity contribution >= 4 is 18.3 Å². The lowest BCUT2D eigenvalue weighted by Crippen LogP contribution is -2.05. The van der Waals surface area contributed by atoms with Gasteiger partial charge < -0.3 is 5.73 Å². The molecule has 0 aliphatic heterocycles. The average molecular weight is 150 g/mol. The molecule has 2 N–H and O–H groups in total. The van der Waals surface area contributed by atoms with E-state index in [0.29, 0.717) is 0 Å². The number of allylic oxidation sites excluding steroid dienone is 1.